The van der Waals surface area contributed by atoms with E-state index in [4.69, 9.17) is 25.8 Å². The third-order valence-electron chi connectivity index (χ3n) is 4.60. The quantitative estimate of drug-likeness (QED) is 0.365. The first-order chi connectivity index (χ1) is 15.5. The highest BCUT2D eigenvalue weighted by atomic mass is 35.5. The smallest absolute Gasteiger partial charge is 0.338 e. The van der Waals surface area contributed by atoms with Crippen molar-refractivity contribution in [2.24, 2.45) is 0 Å². The van der Waals surface area contributed by atoms with E-state index >= 15 is 0 Å². The van der Waals surface area contributed by atoms with Gasteiger partial charge in [0.25, 0.3) is 0 Å². The van der Waals surface area contributed by atoms with Gasteiger partial charge in [0.05, 0.1) is 23.8 Å². The molecule has 5 nitrogen and oxygen atoms in total. The summed E-state index contributed by atoms with van der Waals surface area (Å²) in [6, 6.07) is 17.0. The zero-order valence-electron chi connectivity index (χ0n) is 18.0. The Morgan fingerprint density at radius 1 is 0.938 bits per heavy atom. The van der Waals surface area contributed by atoms with Crippen LogP contribution in [-0.4, -0.2) is 19.2 Å². The van der Waals surface area contributed by atoms with E-state index in [1.165, 1.54) is 12.1 Å². The maximum Gasteiger partial charge on any atom is 0.338 e. The molecule has 1 N–H and O–H groups in total. The Labute approximate surface area is 192 Å². The van der Waals surface area contributed by atoms with Crippen LogP contribution in [-0.2, 0) is 17.9 Å². The summed E-state index contributed by atoms with van der Waals surface area (Å²) in [5.74, 6) is 0.469. The summed E-state index contributed by atoms with van der Waals surface area (Å²) in [6.07, 6.45) is 0. The molecular weight excluding hydrogens is 433 g/mol. The van der Waals surface area contributed by atoms with Crippen LogP contribution in [0.15, 0.2) is 60.7 Å². The maximum absolute atomic E-state index is 13.2. The summed E-state index contributed by atoms with van der Waals surface area (Å²) >= 11 is 6.08. The largest absolute Gasteiger partial charge is 0.490 e. The predicted octanol–water partition coefficient (Wildman–Crippen LogP) is 6.25. The number of benzene rings is 3. The molecule has 0 aliphatic rings. The van der Waals surface area contributed by atoms with E-state index in [9.17, 15) is 9.18 Å². The summed E-state index contributed by atoms with van der Waals surface area (Å²) in [5, 5.41) is 3.63. The van der Waals surface area contributed by atoms with Crippen LogP contribution in [0.3, 0.4) is 0 Å². The van der Waals surface area contributed by atoms with Crippen molar-refractivity contribution in [2.45, 2.75) is 27.0 Å². The normalized spacial score (nSPS) is 10.5. The van der Waals surface area contributed by atoms with Gasteiger partial charge in [0.2, 0.25) is 0 Å². The monoisotopic (exact) mass is 457 g/mol. The maximum atomic E-state index is 13.2. The molecule has 0 saturated carbocycles. The van der Waals surface area contributed by atoms with Gasteiger partial charge in [-0.1, -0.05) is 23.7 Å². The summed E-state index contributed by atoms with van der Waals surface area (Å²) in [6.45, 7) is 5.26. The molecule has 3 aromatic rings. The van der Waals surface area contributed by atoms with Gasteiger partial charge in [-0.15, -0.1) is 0 Å². The van der Waals surface area contributed by atoms with Gasteiger partial charge in [-0.2, -0.15) is 0 Å². The van der Waals surface area contributed by atoms with E-state index in [1.807, 2.05) is 37.3 Å². The second kappa shape index (κ2) is 11.4. The summed E-state index contributed by atoms with van der Waals surface area (Å²) in [7, 11) is 0. The molecule has 3 rings (SSSR count). The van der Waals surface area contributed by atoms with Crippen LogP contribution < -0.4 is 14.8 Å². The molecule has 0 atom stereocenters. The molecule has 168 valence electrons. The highest BCUT2D eigenvalue weighted by Gasteiger charge is 2.10. The Bertz CT molecular complexity index is 1060. The number of carbonyl (C=O) groups excluding carboxylic acids is 1. The van der Waals surface area contributed by atoms with Crippen LogP contribution in [0.2, 0.25) is 5.02 Å². The number of hydrogen-bond acceptors (Lipinski definition) is 5. The van der Waals surface area contributed by atoms with Crippen LogP contribution in [0, 0.1) is 5.82 Å². The van der Waals surface area contributed by atoms with Crippen molar-refractivity contribution in [2.75, 3.05) is 18.5 Å². The number of hydrogen-bond donors (Lipinski definition) is 1. The van der Waals surface area contributed by atoms with Crippen LogP contribution in [0.25, 0.3) is 0 Å². The molecule has 7 heteroatoms. The van der Waals surface area contributed by atoms with Crippen molar-refractivity contribution in [1.82, 2.24) is 0 Å². The highest BCUT2D eigenvalue weighted by Crippen LogP contribution is 2.30. The van der Waals surface area contributed by atoms with Crippen LogP contribution in [0.4, 0.5) is 10.1 Å². The Morgan fingerprint density at radius 2 is 1.72 bits per heavy atom. The van der Waals surface area contributed by atoms with Gasteiger partial charge in [-0.25, -0.2) is 9.18 Å². The standard InChI is InChI=1S/C25H25ClFNO4/c1-3-30-24-13-17(15-28-21-10-7-18(8-11-21)25(29)31-4-2)5-12-23(24)32-16-19-6-9-20(27)14-22(19)26/h5-14,28H,3-4,15-16H2,1-2H3. The van der Waals surface area contributed by atoms with Crippen LogP contribution in [0.5, 0.6) is 11.5 Å². The number of rotatable bonds is 10. The number of anilines is 1. The van der Waals surface area contributed by atoms with E-state index in [-0.39, 0.29) is 18.4 Å². The van der Waals surface area contributed by atoms with E-state index < -0.39 is 0 Å². The second-order valence-corrected chi connectivity index (χ2v) is 7.30. The molecule has 0 fully saturated rings. The molecule has 0 aliphatic carbocycles. The van der Waals surface area contributed by atoms with E-state index in [1.54, 1.807) is 25.1 Å². The van der Waals surface area contributed by atoms with Gasteiger partial charge in [0.15, 0.2) is 11.5 Å². The number of ether oxygens (including phenoxy) is 3. The lowest BCUT2D eigenvalue weighted by molar-refractivity contribution is 0.0526. The lowest BCUT2D eigenvalue weighted by Crippen LogP contribution is -2.05. The Hall–Kier alpha value is -3.25. The Morgan fingerprint density at radius 3 is 2.41 bits per heavy atom. The first kappa shape index (κ1) is 23.4. The third kappa shape index (κ3) is 6.37. The average Bonchev–Trinajstić information content (AvgIpc) is 2.79. The molecule has 0 bridgehead atoms. The molecule has 32 heavy (non-hydrogen) atoms. The molecule has 0 unspecified atom stereocenters. The Kier molecular flexibility index (Phi) is 8.34. The van der Waals surface area contributed by atoms with Crippen molar-refractivity contribution in [1.29, 1.82) is 0 Å². The topological polar surface area (TPSA) is 56.8 Å². The lowest BCUT2D eigenvalue weighted by atomic mass is 10.1. The minimum atomic E-state index is -0.388. The molecule has 0 saturated heterocycles. The molecule has 0 spiro atoms. The third-order valence-corrected chi connectivity index (χ3v) is 4.95. The van der Waals surface area contributed by atoms with E-state index in [0.29, 0.717) is 47.4 Å². The van der Waals surface area contributed by atoms with Gasteiger partial charge in [0.1, 0.15) is 12.4 Å². The van der Waals surface area contributed by atoms with Crippen molar-refractivity contribution in [3.05, 3.63) is 88.2 Å². The number of halogens is 2. The van der Waals surface area contributed by atoms with Crippen molar-refractivity contribution >= 4 is 23.3 Å². The van der Waals surface area contributed by atoms with Crippen molar-refractivity contribution in [3.63, 3.8) is 0 Å². The van der Waals surface area contributed by atoms with Crippen molar-refractivity contribution < 1.29 is 23.4 Å². The minimum Gasteiger partial charge on any atom is -0.490 e. The average molecular weight is 458 g/mol. The zero-order valence-corrected chi connectivity index (χ0v) is 18.7. The molecule has 3 aromatic carbocycles. The minimum absolute atomic E-state index is 0.198. The van der Waals surface area contributed by atoms with Crippen LogP contribution >= 0.6 is 11.6 Å². The van der Waals surface area contributed by atoms with Gasteiger partial charge in [-0.05, 0) is 67.9 Å². The van der Waals surface area contributed by atoms with Crippen LogP contribution in [0.1, 0.15) is 35.3 Å². The fraction of sp³-hybridized carbons (Fsp3) is 0.240. The molecular formula is C25H25ClFNO4. The predicted molar refractivity (Wildman–Crippen MR) is 123 cm³/mol. The van der Waals surface area contributed by atoms with E-state index in [2.05, 4.69) is 5.32 Å². The lowest BCUT2D eigenvalue weighted by Gasteiger charge is -2.15. The number of nitrogens with one attached hydrogen (secondary N) is 1. The summed E-state index contributed by atoms with van der Waals surface area (Å²) in [4.78, 5) is 11.8. The molecule has 0 amide bonds. The number of carbonyl (C=O) groups is 1. The van der Waals surface area contributed by atoms with Gasteiger partial charge < -0.3 is 19.5 Å². The summed E-state index contributed by atoms with van der Waals surface area (Å²) < 4.78 is 29.8. The molecule has 0 aliphatic heterocycles. The first-order valence-electron chi connectivity index (χ1n) is 10.3. The van der Waals surface area contributed by atoms with Gasteiger partial charge >= 0.3 is 5.97 Å². The first-order valence-corrected chi connectivity index (χ1v) is 10.7. The molecule has 0 aromatic heterocycles. The SMILES string of the molecule is CCOC(=O)c1ccc(NCc2ccc(OCc3ccc(F)cc3Cl)c(OCC)c2)cc1. The van der Waals surface area contributed by atoms with E-state index in [0.717, 1.165) is 11.3 Å². The zero-order chi connectivity index (χ0) is 22.9. The highest BCUT2D eigenvalue weighted by molar-refractivity contribution is 6.31. The fourth-order valence-corrected chi connectivity index (χ4v) is 3.21. The number of esters is 1. The second-order valence-electron chi connectivity index (χ2n) is 6.89. The fourth-order valence-electron chi connectivity index (χ4n) is 2.99. The van der Waals surface area contributed by atoms with Gasteiger partial charge in [0, 0.05) is 17.8 Å². The van der Waals surface area contributed by atoms with Crippen molar-refractivity contribution in [3.8, 4) is 11.5 Å². The Balaban J connectivity index is 1.64. The molecule has 0 heterocycles. The molecule has 0 radical (unpaired) electrons. The van der Waals surface area contributed by atoms with Gasteiger partial charge in [-0.3, -0.25) is 0 Å². The summed E-state index contributed by atoms with van der Waals surface area (Å²) in [5.41, 5.74) is 3.07.